The topological polar surface area (TPSA) is 140 Å². The van der Waals surface area contributed by atoms with Gasteiger partial charge in [-0.1, -0.05) is 19.9 Å². The summed E-state index contributed by atoms with van der Waals surface area (Å²) in [6.45, 7) is 9.55. The highest BCUT2D eigenvalue weighted by molar-refractivity contribution is 7.90. The average Bonchev–Trinajstić information content (AvgIpc) is 3.13. The van der Waals surface area contributed by atoms with Crippen molar-refractivity contribution in [3.63, 3.8) is 0 Å². The third-order valence-corrected chi connectivity index (χ3v) is 7.41. The highest BCUT2D eigenvalue weighted by Gasteiger charge is 2.39. The number of carbonyl (C=O) groups excluding carboxylic acids is 1. The number of nitrogens with zero attached hydrogens (tertiary/aromatic N) is 4. The smallest absolute Gasteiger partial charge is 0.281 e. The first-order valence-corrected chi connectivity index (χ1v) is 13.7. The van der Waals surface area contributed by atoms with Crippen LogP contribution >= 0.6 is 0 Å². The summed E-state index contributed by atoms with van der Waals surface area (Å²) in [7, 11) is -4.25. The second-order valence-electron chi connectivity index (χ2n) is 9.87. The van der Waals surface area contributed by atoms with E-state index >= 15 is 0 Å². The van der Waals surface area contributed by atoms with Gasteiger partial charge in [0.1, 0.15) is 11.6 Å². The van der Waals surface area contributed by atoms with E-state index in [1.807, 2.05) is 13.0 Å². The van der Waals surface area contributed by atoms with Gasteiger partial charge in [-0.15, -0.1) is 0 Å². The molecule has 0 aromatic carbocycles. The number of sulfonamides is 1. The molecule has 11 heteroatoms. The molecule has 1 atom stereocenters. The molecule has 200 valence electrons. The molecule has 10 nitrogen and oxygen atoms in total. The number of ether oxygens (including phenoxy) is 1. The number of anilines is 2. The summed E-state index contributed by atoms with van der Waals surface area (Å²) in [6, 6.07) is 11.1. The summed E-state index contributed by atoms with van der Waals surface area (Å²) in [4.78, 5) is 28.4. The summed E-state index contributed by atoms with van der Waals surface area (Å²) in [5.74, 6) is 0.504. The molecule has 0 bridgehead atoms. The number of hydrogen-bond acceptors (Lipinski definition) is 9. The number of rotatable bonds is 8. The van der Waals surface area contributed by atoms with Gasteiger partial charge in [0.25, 0.3) is 15.9 Å². The monoisotopic (exact) mass is 528 g/mol. The van der Waals surface area contributed by atoms with Crippen LogP contribution in [-0.2, 0) is 10.0 Å². The molecular weight excluding hydrogens is 492 g/mol. The van der Waals surface area contributed by atoms with Gasteiger partial charge in [-0.05, 0) is 62.9 Å². The normalized spacial score (nSPS) is 17.0. The molecule has 1 unspecified atom stereocenters. The molecule has 1 aliphatic heterocycles. The van der Waals surface area contributed by atoms with Gasteiger partial charge in [-0.3, -0.25) is 4.79 Å². The zero-order valence-electron chi connectivity index (χ0n) is 21.4. The van der Waals surface area contributed by atoms with Crippen LogP contribution in [0.2, 0.25) is 0 Å². The zero-order valence-corrected chi connectivity index (χ0v) is 22.2. The zero-order chi connectivity index (χ0) is 26.8. The maximum Gasteiger partial charge on any atom is 0.281 e. The Morgan fingerprint density at radius 2 is 2.03 bits per heavy atom. The van der Waals surface area contributed by atoms with Crippen LogP contribution in [0.5, 0.6) is 5.88 Å². The van der Waals surface area contributed by atoms with E-state index < -0.39 is 15.9 Å². The number of nitrogens with two attached hydrogens (primary N) is 1. The summed E-state index contributed by atoms with van der Waals surface area (Å²) in [5.41, 5.74) is 6.89. The molecule has 3 aromatic rings. The lowest BCUT2D eigenvalue weighted by Gasteiger charge is -2.34. The number of hydrogen-bond donors (Lipinski definition) is 2. The van der Waals surface area contributed by atoms with Gasteiger partial charge in [-0.2, -0.15) is 8.42 Å². The van der Waals surface area contributed by atoms with E-state index in [4.69, 9.17) is 15.5 Å². The molecule has 3 N–H and O–H groups in total. The predicted molar refractivity (Wildman–Crippen MR) is 146 cm³/mol. The fourth-order valence-electron chi connectivity index (χ4n) is 4.62. The Labute approximate surface area is 220 Å². The van der Waals surface area contributed by atoms with Crippen LogP contribution in [-0.4, -0.2) is 48.0 Å². The van der Waals surface area contributed by atoms with E-state index in [0.29, 0.717) is 36.5 Å². The first kappa shape index (κ1) is 26.3. The molecule has 3 aromatic heterocycles. The number of nitrogen functional groups attached to an aromatic ring is 1. The lowest BCUT2D eigenvalue weighted by molar-refractivity contribution is 0.0981. The minimum Gasteiger partial charge on any atom is -0.478 e. The maximum atomic E-state index is 13.4. The molecule has 0 saturated carbocycles. The standard InChI is InChI=1S/C26H32N6O4S.2H2/c1-5-13-36-22-14-18(11-12-28-22)20-10-9-19(24(29-20)32-16-17(2)15-26(32,3)4)25(33)31-37(34,35)23-8-6-7-21(27)30-23;;/h6-12,14,17H,5,13,15-16H2,1-4H3,(H2,27,30)(H,31,33);2*1H. The highest BCUT2D eigenvalue weighted by Crippen LogP contribution is 2.38. The van der Waals surface area contributed by atoms with E-state index in [0.717, 1.165) is 18.4 Å². The lowest BCUT2D eigenvalue weighted by Crippen LogP contribution is -2.41. The Kier molecular flexibility index (Phi) is 7.35. The Hall–Kier alpha value is -3.73. The van der Waals surface area contributed by atoms with Crippen LogP contribution in [0.1, 0.15) is 53.7 Å². The van der Waals surface area contributed by atoms with Gasteiger partial charge in [0.15, 0.2) is 5.03 Å². The van der Waals surface area contributed by atoms with Crippen molar-refractivity contribution in [3.8, 4) is 17.1 Å². The van der Waals surface area contributed by atoms with Crippen LogP contribution in [0.4, 0.5) is 11.6 Å². The van der Waals surface area contributed by atoms with Crippen molar-refractivity contribution in [1.29, 1.82) is 0 Å². The second-order valence-corrected chi connectivity index (χ2v) is 11.5. The van der Waals surface area contributed by atoms with Gasteiger partial charge in [0, 0.05) is 32.8 Å². The molecule has 4 rings (SSSR count). The first-order valence-electron chi connectivity index (χ1n) is 12.2. The molecule has 4 heterocycles. The van der Waals surface area contributed by atoms with Gasteiger partial charge >= 0.3 is 0 Å². The molecule has 1 aliphatic rings. The fourth-order valence-corrected chi connectivity index (χ4v) is 5.56. The van der Waals surface area contributed by atoms with Gasteiger partial charge in [0.2, 0.25) is 5.88 Å². The number of amides is 1. The van der Waals surface area contributed by atoms with Gasteiger partial charge in [-0.25, -0.2) is 19.7 Å². The lowest BCUT2D eigenvalue weighted by atomic mass is 9.97. The van der Waals surface area contributed by atoms with Crippen molar-refractivity contribution in [3.05, 3.63) is 54.2 Å². The Bertz CT molecular complexity index is 1420. The van der Waals surface area contributed by atoms with Crippen LogP contribution in [0.25, 0.3) is 11.3 Å². The van der Waals surface area contributed by atoms with Crippen molar-refractivity contribution in [1.82, 2.24) is 19.7 Å². The maximum absolute atomic E-state index is 13.4. The Balaban J connectivity index is 0.00000267. The van der Waals surface area contributed by atoms with E-state index in [1.54, 1.807) is 24.4 Å². The van der Waals surface area contributed by atoms with Crippen molar-refractivity contribution in [2.45, 2.75) is 51.1 Å². The van der Waals surface area contributed by atoms with Crippen molar-refractivity contribution >= 4 is 27.6 Å². The molecule has 1 amide bonds. The molecule has 1 fully saturated rings. The summed E-state index contributed by atoms with van der Waals surface area (Å²) < 4.78 is 33.6. The first-order chi connectivity index (χ1) is 17.5. The number of aromatic nitrogens is 3. The van der Waals surface area contributed by atoms with E-state index in [-0.39, 0.29) is 24.8 Å². The van der Waals surface area contributed by atoms with E-state index in [1.165, 1.54) is 18.2 Å². The highest BCUT2D eigenvalue weighted by atomic mass is 32.2. The molecule has 0 aliphatic carbocycles. The average molecular weight is 529 g/mol. The second kappa shape index (κ2) is 10.3. The largest absolute Gasteiger partial charge is 0.478 e. The van der Waals surface area contributed by atoms with Crippen LogP contribution < -0.4 is 20.1 Å². The number of pyridine rings is 3. The van der Waals surface area contributed by atoms with E-state index in [2.05, 4.69) is 40.4 Å². The van der Waals surface area contributed by atoms with Crippen LogP contribution in [0.15, 0.2) is 53.7 Å². The van der Waals surface area contributed by atoms with Gasteiger partial charge in [0.05, 0.1) is 17.9 Å². The summed E-state index contributed by atoms with van der Waals surface area (Å²) in [5, 5.41) is -0.335. The molecular formula is C26H36N6O4S. The van der Waals surface area contributed by atoms with Crippen molar-refractivity contribution < 1.29 is 20.8 Å². The van der Waals surface area contributed by atoms with Crippen molar-refractivity contribution in [2.24, 2.45) is 5.92 Å². The van der Waals surface area contributed by atoms with E-state index in [9.17, 15) is 13.2 Å². The Morgan fingerprint density at radius 3 is 2.70 bits per heavy atom. The fraction of sp³-hybridized carbons (Fsp3) is 0.385. The number of carbonyl (C=O) groups is 1. The quantitative estimate of drug-likeness (QED) is 0.441. The summed E-state index contributed by atoms with van der Waals surface area (Å²) in [6.07, 6.45) is 3.40. The molecule has 37 heavy (non-hydrogen) atoms. The minimum atomic E-state index is -4.25. The molecule has 0 spiro atoms. The minimum absolute atomic E-state index is 0. The summed E-state index contributed by atoms with van der Waals surface area (Å²) >= 11 is 0. The Morgan fingerprint density at radius 1 is 1.24 bits per heavy atom. The van der Waals surface area contributed by atoms with Crippen LogP contribution in [0, 0.1) is 5.92 Å². The SMILES string of the molecule is CCCOc1cc(-c2ccc(C(=O)NS(=O)(=O)c3cccc(N)n3)c(N3CC(C)CC3(C)C)n2)ccn1.[HH].[HH]. The third-order valence-electron chi connectivity index (χ3n) is 6.18. The van der Waals surface area contributed by atoms with Crippen LogP contribution in [0.3, 0.4) is 0 Å². The van der Waals surface area contributed by atoms with Gasteiger partial charge < -0.3 is 15.4 Å². The molecule has 0 radical (unpaired) electrons. The predicted octanol–water partition coefficient (Wildman–Crippen LogP) is 4.15. The third kappa shape index (κ3) is 5.82. The molecule has 1 saturated heterocycles. The number of nitrogens with one attached hydrogen (secondary N) is 1. The van der Waals surface area contributed by atoms with Crippen molar-refractivity contribution in [2.75, 3.05) is 23.8 Å².